The summed E-state index contributed by atoms with van der Waals surface area (Å²) < 4.78 is 20.3. The van der Waals surface area contributed by atoms with E-state index in [2.05, 4.69) is 15.3 Å². The second-order valence-corrected chi connectivity index (χ2v) is 8.06. The van der Waals surface area contributed by atoms with Gasteiger partial charge in [-0.25, -0.2) is 14.2 Å². The first-order chi connectivity index (χ1) is 15.0. The zero-order valence-corrected chi connectivity index (χ0v) is 18.3. The van der Waals surface area contributed by atoms with Crippen LogP contribution in [0.4, 0.5) is 9.18 Å². The Labute approximate surface area is 190 Å². The molecule has 160 valence electrons. The van der Waals surface area contributed by atoms with Crippen molar-refractivity contribution < 1.29 is 23.8 Å². The number of aliphatic hydroxyl groups is 1. The van der Waals surface area contributed by atoms with Crippen LogP contribution in [0.5, 0.6) is 5.75 Å². The minimum Gasteiger partial charge on any atom is -0.491 e. The van der Waals surface area contributed by atoms with Crippen molar-refractivity contribution in [3.8, 4) is 17.0 Å². The number of imidazole rings is 1. The molecule has 10 heteroatoms. The summed E-state index contributed by atoms with van der Waals surface area (Å²) in [6, 6.07) is 10.2. The highest BCUT2D eigenvalue weighted by atomic mass is 127. The van der Waals surface area contributed by atoms with Gasteiger partial charge in [0.15, 0.2) is 0 Å². The smallest absolute Gasteiger partial charge is 0.325 e. The lowest BCUT2D eigenvalue weighted by molar-refractivity contribution is -0.128. The van der Waals surface area contributed by atoms with Crippen LogP contribution < -0.4 is 10.1 Å². The van der Waals surface area contributed by atoms with Crippen LogP contribution in [-0.4, -0.2) is 45.1 Å². The number of nitrogens with zero attached hydrogens (tertiary/aromatic N) is 2. The van der Waals surface area contributed by atoms with E-state index < -0.39 is 18.0 Å². The lowest BCUT2D eigenvalue weighted by Crippen LogP contribution is -2.30. The van der Waals surface area contributed by atoms with Crippen LogP contribution in [0.15, 0.2) is 48.7 Å². The van der Waals surface area contributed by atoms with E-state index >= 15 is 0 Å². The van der Waals surface area contributed by atoms with E-state index in [4.69, 9.17) is 9.84 Å². The van der Waals surface area contributed by atoms with E-state index in [1.54, 1.807) is 36.4 Å². The molecule has 2 heterocycles. The van der Waals surface area contributed by atoms with Gasteiger partial charge in [0, 0.05) is 9.13 Å². The maximum Gasteiger partial charge on any atom is 0.325 e. The number of carbonyl (C=O) groups excluding carboxylic acids is 2. The predicted octanol–water partition coefficient (Wildman–Crippen LogP) is 2.98. The molecule has 8 nitrogen and oxygen atoms in total. The van der Waals surface area contributed by atoms with E-state index in [1.807, 2.05) is 22.6 Å². The molecule has 0 radical (unpaired) electrons. The van der Waals surface area contributed by atoms with E-state index in [-0.39, 0.29) is 25.6 Å². The molecule has 1 saturated heterocycles. The number of amides is 3. The number of aromatic amines is 1. The summed E-state index contributed by atoms with van der Waals surface area (Å²) in [6.45, 7) is 0.00686. The molecule has 2 aromatic carbocycles. The van der Waals surface area contributed by atoms with Gasteiger partial charge in [0.25, 0.3) is 5.91 Å². The summed E-state index contributed by atoms with van der Waals surface area (Å²) in [5.41, 5.74) is 1.43. The molecule has 1 atom stereocenters. The van der Waals surface area contributed by atoms with Crippen molar-refractivity contribution in [1.82, 2.24) is 20.2 Å². The van der Waals surface area contributed by atoms with Crippen molar-refractivity contribution >= 4 is 34.5 Å². The first-order valence-electron chi connectivity index (χ1n) is 9.41. The second-order valence-electron chi connectivity index (χ2n) is 6.82. The van der Waals surface area contributed by atoms with Crippen LogP contribution in [0.3, 0.4) is 0 Å². The lowest BCUT2D eigenvalue weighted by Gasteiger charge is -2.12. The van der Waals surface area contributed by atoms with Gasteiger partial charge in [-0.1, -0.05) is 12.1 Å². The van der Waals surface area contributed by atoms with Crippen LogP contribution >= 0.6 is 22.6 Å². The molecule has 1 aromatic heterocycles. The van der Waals surface area contributed by atoms with E-state index in [0.29, 0.717) is 28.4 Å². The Hall–Kier alpha value is -2.99. The van der Waals surface area contributed by atoms with Crippen LogP contribution in [0.1, 0.15) is 17.4 Å². The van der Waals surface area contributed by atoms with E-state index in [1.165, 1.54) is 12.3 Å². The number of imide groups is 1. The largest absolute Gasteiger partial charge is 0.491 e. The second kappa shape index (κ2) is 9.02. The number of benzene rings is 2. The van der Waals surface area contributed by atoms with Gasteiger partial charge in [0.05, 0.1) is 25.0 Å². The van der Waals surface area contributed by atoms with E-state index in [9.17, 15) is 14.0 Å². The lowest BCUT2D eigenvalue weighted by atomic mass is 10.1. The molecular formula is C21H18FIN4O4. The van der Waals surface area contributed by atoms with Gasteiger partial charge < -0.3 is 20.1 Å². The van der Waals surface area contributed by atoms with Crippen molar-refractivity contribution in [1.29, 1.82) is 0 Å². The molecule has 1 aliphatic heterocycles. The van der Waals surface area contributed by atoms with Crippen molar-refractivity contribution in [3.05, 3.63) is 69.4 Å². The fourth-order valence-electron chi connectivity index (χ4n) is 3.25. The number of rotatable bonds is 7. The van der Waals surface area contributed by atoms with Gasteiger partial charge in [-0.3, -0.25) is 9.69 Å². The van der Waals surface area contributed by atoms with Crippen LogP contribution in [-0.2, 0) is 11.3 Å². The molecule has 1 aliphatic rings. The average molecular weight is 536 g/mol. The third-order valence-corrected chi connectivity index (χ3v) is 5.43. The molecule has 0 aliphatic carbocycles. The SMILES string of the molecule is O=C1NC(c2ccc(OCCO)cc2)C(=O)N1Cc1ncc(-c2ccc(I)cc2F)[nH]1. The number of ether oxygens (including phenoxy) is 1. The highest BCUT2D eigenvalue weighted by molar-refractivity contribution is 14.1. The Morgan fingerprint density at radius 1 is 1.19 bits per heavy atom. The van der Waals surface area contributed by atoms with Gasteiger partial charge in [-0.15, -0.1) is 0 Å². The summed E-state index contributed by atoms with van der Waals surface area (Å²) in [5, 5.41) is 11.5. The Balaban J connectivity index is 1.47. The normalized spacial score (nSPS) is 16.0. The van der Waals surface area contributed by atoms with E-state index in [0.717, 1.165) is 8.47 Å². The molecule has 0 bridgehead atoms. The van der Waals surface area contributed by atoms with Gasteiger partial charge in [-0.2, -0.15) is 0 Å². The van der Waals surface area contributed by atoms with Crippen molar-refractivity contribution in [2.45, 2.75) is 12.6 Å². The minimum absolute atomic E-state index is 0.0646. The van der Waals surface area contributed by atoms with Crippen LogP contribution in [0.25, 0.3) is 11.3 Å². The summed E-state index contributed by atoms with van der Waals surface area (Å²) >= 11 is 2.03. The molecule has 1 unspecified atom stereocenters. The Kier molecular flexibility index (Phi) is 6.18. The zero-order valence-electron chi connectivity index (χ0n) is 16.1. The third kappa shape index (κ3) is 4.54. The quantitative estimate of drug-likeness (QED) is 0.318. The number of hydrogen-bond donors (Lipinski definition) is 3. The van der Waals surface area contributed by atoms with Crippen molar-refractivity contribution in [3.63, 3.8) is 0 Å². The van der Waals surface area contributed by atoms with Gasteiger partial charge in [0.1, 0.15) is 30.0 Å². The molecule has 0 saturated carbocycles. The first kappa shape index (κ1) is 21.2. The molecule has 1 fully saturated rings. The van der Waals surface area contributed by atoms with Gasteiger partial charge in [-0.05, 0) is 58.5 Å². The van der Waals surface area contributed by atoms with Crippen LogP contribution in [0, 0.1) is 9.39 Å². The van der Waals surface area contributed by atoms with Gasteiger partial charge in [0.2, 0.25) is 0 Å². The van der Waals surface area contributed by atoms with Crippen LogP contribution in [0.2, 0.25) is 0 Å². The zero-order chi connectivity index (χ0) is 22.0. The highest BCUT2D eigenvalue weighted by Crippen LogP contribution is 2.26. The Morgan fingerprint density at radius 3 is 2.68 bits per heavy atom. The summed E-state index contributed by atoms with van der Waals surface area (Å²) in [5.74, 6) is 0.123. The molecule has 4 rings (SSSR count). The number of H-pyrrole nitrogens is 1. The number of halogens is 2. The Morgan fingerprint density at radius 2 is 1.97 bits per heavy atom. The molecule has 3 amide bonds. The molecule has 3 aromatic rings. The maximum absolute atomic E-state index is 14.2. The summed E-state index contributed by atoms with van der Waals surface area (Å²) in [4.78, 5) is 33.4. The predicted molar refractivity (Wildman–Crippen MR) is 118 cm³/mol. The monoisotopic (exact) mass is 536 g/mol. The number of carbonyl (C=O) groups is 2. The summed E-state index contributed by atoms with van der Waals surface area (Å²) in [7, 11) is 0. The Bertz CT molecular complexity index is 1120. The number of aromatic nitrogens is 2. The number of nitrogens with one attached hydrogen (secondary N) is 2. The third-order valence-electron chi connectivity index (χ3n) is 4.76. The molecule has 31 heavy (non-hydrogen) atoms. The minimum atomic E-state index is -0.817. The molecule has 0 spiro atoms. The van der Waals surface area contributed by atoms with Crippen molar-refractivity contribution in [2.24, 2.45) is 0 Å². The number of urea groups is 1. The fraction of sp³-hybridized carbons (Fsp3) is 0.190. The van der Waals surface area contributed by atoms with Crippen molar-refractivity contribution in [2.75, 3.05) is 13.2 Å². The number of aliphatic hydroxyl groups excluding tert-OH is 1. The topological polar surface area (TPSA) is 108 Å². The molecular weight excluding hydrogens is 518 g/mol. The standard InChI is InChI=1S/C21H18FIN4O4/c22-16-9-13(23)3-6-15(16)17-10-24-18(25-17)11-27-20(29)19(26-21(27)30)12-1-4-14(5-2-12)31-8-7-28/h1-6,9-10,19,28H,7-8,11H2,(H,24,25)(H,26,30). The first-order valence-corrected chi connectivity index (χ1v) is 10.5. The summed E-state index contributed by atoms with van der Waals surface area (Å²) in [6.07, 6.45) is 1.47. The fourth-order valence-corrected chi connectivity index (χ4v) is 3.71. The molecule has 3 N–H and O–H groups in total. The number of hydrogen-bond acceptors (Lipinski definition) is 5. The average Bonchev–Trinajstić information content (AvgIpc) is 3.33. The maximum atomic E-state index is 14.2. The highest BCUT2D eigenvalue weighted by Gasteiger charge is 2.39. The van der Waals surface area contributed by atoms with Gasteiger partial charge >= 0.3 is 6.03 Å².